The monoisotopic (exact) mass is 588 g/mol. The number of rotatable bonds is 14. The summed E-state index contributed by atoms with van der Waals surface area (Å²) in [6.45, 7) is 2.92. The number of unbranched alkanes of at least 4 members (excludes halogenated alkanes) is 4. The van der Waals surface area contributed by atoms with E-state index in [1.54, 1.807) is 18.2 Å². The smallest absolute Gasteiger partial charge is 0.494 e. The van der Waals surface area contributed by atoms with Crippen LogP contribution in [0.1, 0.15) is 61.3 Å². The summed E-state index contributed by atoms with van der Waals surface area (Å²) in [6.07, 6.45) is 2.51. The predicted molar refractivity (Wildman–Crippen MR) is 152 cm³/mol. The standard InChI is InChI=1S/C34H34F6O2/c1-2-3-4-5-6-19-41-28-16-10-23(11-17-28)7-8-24-12-18-29-27(20-24)15-14-26(32(29)37)13-9-25-21-30(35)33(31(36)22-25)42-34(38,39)40/h10-12,14-18,20-22H,2-9,13,19H2,1H3. The highest BCUT2D eigenvalue weighted by molar-refractivity contribution is 5.84. The number of aryl methyl sites for hydroxylation is 4. The molecule has 42 heavy (non-hydrogen) atoms. The van der Waals surface area contributed by atoms with Gasteiger partial charge in [-0.1, -0.05) is 75.1 Å². The Kier molecular flexibility index (Phi) is 10.8. The van der Waals surface area contributed by atoms with E-state index in [9.17, 15) is 22.0 Å². The van der Waals surface area contributed by atoms with Gasteiger partial charge in [-0.2, -0.15) is 0 Å². The summed E-state index contributed by atoms with van der Waals surface area (Å²) >= 11 is 0. The predicted octanol–water partition coefficient (Wildman–Crippen LogP) is 10.1. The molecular formula is C34H34F6O2. The van der Waals surface area contributed by atoms with Crippen molar-refractivity contribution >= 4 is 10.8 Å². The first kappa shape index (κ1) is 31.3. The minimum absolute atomic E-state index is 0.0312. The van der Waals surface area contributed by atoms with Gasteiger partial charge in [0, 0.05) is 5.39 Å². The zero-order chi connectivity index (χ0) is 30.1. The van der Waals surface area contributed by atoms with E-state index in [-0.39, 0.29) is 18.4 Å². The quantitative estimate of drug-likeness (QED) is 0.108. The van der Waals surface area contributed by atoms with Crippen LogP contribution in [0.15, 0.2) is 66.7 Å². The largest absolute Gasteiger partial charge is 0.573 e. The molecule has 0 bridgehead atoms. The number of hydrogen-bond acceptors (Lipinski definition) is 2. The topological polar surface area (TPSA) is 18.5 Å². The molecule has 0 aliphatic heterocycles. The average molecular weight is 589 g/mol. The molecule has 2 nitrogen and oxygen atoms in total. The SMILES string of the molecule is CCCCCCCOc1ccc(CCc2ccc3c(F)c(CCc4cc(F)c(OC(F)(F)F)c(F)c4)ccc3c2)cc1. The van der Waals surface area contributed by atoms with Crippen molar-refractivity contribution in [1.29, 1.82) is 0 Å². The second kappa shape index (κ2) is 14.5. The van der Waals surface area contributed by atoms with Crippen LogP contribution in [0.4, 0.5) is 26.3 Å². The van der Waals surface area contributed by atoms with Gasteiger partial charge in [-0.05, 0) is 84.0 Å². The molecule has 0 fully saturated rings. The maximum atomic E-state index is 15.3. The van der Waals surface area contributed by atoms with Crippen LogP contribution in [-0.4, -0.2) is 13.0 Å². The summed E-state index contributed by atoms with van der Waals surface area (Å²) in [4.78, 5) is 0. The molecule has 0 N–H and O–H groups in total. The summed E-state index contributed by atoms with van der Waals surface area (Å²) in [7, 11) is 0. The van der Waals surface area contributed by atoms with Crippen LogP contribution in [0.5, 0.6) is 11.5 Å². The Morgan fingerprint density at radius 1 is 0.643 bits per heavy atom. The fourth-order valence-corrected chi connectivity index (χ4v) is 4.92. The highest BCUT2D eigenvalue weighted by Crippen LogP contribution is 2.30. The molecule has 224 valence electrons. The van der Waals surface area contributed by atoms with Crippen LogP contribution >= 0.6 is 0 Å². The first-order valence-electron chi connectivity index (χ1n) is 14.3. The van der Waals surface area contributed by atoms with Gasteiger partial charge in [0.1, 0.15) is 11.6 Å². The number of alkyl halides is 3. The summed E-state index contributed by atoms with van der Waals surface area (Å²) in [5, 5.41) is 1.17. The maximum absolute atomic E-state index is 15.3. The van der Waals surface area contributed by atoms with Crippen molar-refractivity contribution < 1.29 is 35.8 Å². The number of benzene rings is 4. The molecule has 0 aromatic heterocycles. The molecule has 0 radical (unpaired) electrons. The molecule has 4 rings (SSSR count). The lowest BCUT2D eigenvalue weighted by Crippen LogP contribution is -2.19. The normalized spacial score (nSPS) is 11.7. The minimum Gasteiger partial charge on any atom is -0.494 e. The summed E-state index contributed by atoms with van der Waals surface area (Å²) in [5.41, 5.74) is 2.68. The Balaban J connectivity index is 1.32. The number of halogens is 6. The van der Waals surface area contributed by atoms with E-state index < -0.39 is 29.6 Å². The van der Waals surface area contributed by atoms with E-state index in [2.05, 4.69) is 23.8 Å². The van der Waals surface area contributed by atoms with Crippen molar-refractivity contribution in [3.63, 3.8) is 0 Å². The molecule has 8 heteroatoms. The van der Waals surface area contributed by atoms with Gasteiger partial charge in [0.25, 0.3) is 0 Å². The van der Waals surface area contributed by atoms with Crippen molar-refractivity contribution in [2.45, 2.75) is 71.1 Å². The summed E-state index contributed by atoms with van der Waals surface area (Å²) in [6, 6.07) is 18.6. The fraction of sp³-hybridized carbons (Fsp3) is 0.353. The van der Waals surface area contributed by atoms with Crippen LogP contribution in [0.2, 0.25) is 0 Å². The van der Waals surface area contributed by atoms with Crippen molar-refractivity contribution in [2.24, 2.45) is 0 Å². The van der Waals surface area contributed by atoms with Crippen molar-refractivity contribution in [2.75, 3.05) is 6.61 Å². The fourth-order valence-electron chi connectivity index (χ4n) is 4.92. The lowest BCUT2D eigenvalue weighted by atomic mass is 9.97. The molecule has 0 aliphatic rings. The highest BCUT2D eigenvalue weighted by atomic mass is 19.4. The molecule has 0 atom stereocenters. The molecule has 0 saturated heterocycles. The highest BCUT2D eigenvalue weighted by Gasteiger charge is 2.34. The molecule has 0 aliphatic carbocycles. The maximum Gasteiger partial charge on any atom is 0.573 e. The summed E-state index contributed by atoms with van der Waals surface area (Å²) < 4.78 is 89.7. The van der Waals surface area contributed by atoms with Crippen LogP contribution in [0, 0.1) is 17.5 Å². The number of fused-ring (bicyclic) bond motifs is 1. The molecule has 4 aromatic carbocycles. The van der Waals surface area contributed by atoms with Gasteiger partial charge in [-0.15, -0.1) is 13.2 Å². The van der Waals surface area contributed by atoms with Crippen molar-refractivity contribution in [3.8, 4) is 11.5 Å². The molecule has 0 saturated carbocycles. The molecular weight excluding hydrogens is 554 g/mol. The van der Waals surface area contributed by atoms with Gasteiger partial charge >= 0.3 is 6.36 Å². The van der Waals surface area contributed by atoms with Gasteiger partial charge in [-0.3, -0.25) is 0 Å². The van der Waals surface area contributed by atoms with E-state index in [1.807, 2.05) is 24.3 Å². The summed E-state index contributed by atoms with van der Waals surface area (Å²) in [5.74, 6) is -4.00. The van der Waals surface area contributed by atoms with Crippen LogP contribution in [0.3, 0.4) is 0 Å². The number of hydrogen-bond donors (Lipinski definition) is 0. The van der Waals surface area contributed by atoms with E-state index in [0.717, 1.165) is 54.7 Å². The number of ether oxygens (including phenoxy) is 2. The van der Waals surface area contributed by atoms with Gasteiger partial charge < -0.3 is 9.47 Å². The molecule has 0 spiro atoms. The van der Waals surface area contributed by atoms with Gasteiger partial charge in [0.15, 0.2) is 11.6 Å². The third-order valence-corrected chi connectivity index (χ3v) is 7.20. The van der Waals surface area contributed by atoms with E-state index >= 15 is 4.39 Å². The third kappa shape index (κ3) is 8.91. The van der Waals surface area contributed by atoms with Crippen molar-refractivity contribution in [3.05, 3.63) is 106 Å². The first-order chi connectivity index (χ1) is 20.1. The molecule has 0 amide bonds. The molecule has 0 unspecified atom stereocenters. The lowest BCUT2D eigenvalue weighted by molar-refractivity contribution is -0.276. The second-order valence-corrected chi connectivity index (χ2v) is 10.4. The second-order valence-electron chi connectivity index (χ2n) is 10.4. The molecule has 4 aromatic rings. The Hall–Kier alpha value is -3.68. The van der Waals surface area contributed by atoms with Crippen LogP contribution in [0.25, 0.3) is 10.8 Å². The van der Waals surface area contributed by atoms with Gasteiger partial charge in [0.2, 0.25) is 5.75 Å². The lowest BCUT2D eigenvalue weighted by Gasteiger charge is -2.12. The zero-order valence-electron chi connectivity index (χ0n) is 23.5. The zero-order valence-corrected chi connectivity index (χ0v) is 23.5. The van der Waals surface area contributed by atoms with Gasteiger partial charge in [-0.25, -0.2) is 13.2 Å². The van der Waals surface area contributed by atoms with E-state index in [4.69, 9.17) is 4.74 Å². The Morgan fingerprint density at radius 3 is 1.98 bits per heavy atom. The minimum atomic E-state index is -5.22. The molecule has 0 heterocycles. The van der Waals surface area contributed by atoms with Crippen molar-refractivity contribution in [1.82, 2.24) is 0 Å². The van der Waals surface area contributed by atoms with E-state index in [1.165, 1.54) is 31.2 Å². The van der Waals surface area contributed by atoms with E-state index in [0.29, 0.717) is 10.9 Å². The Bertz CT molecular complexity index is 1440. The average Bonchev–Trinajstić information content (AvgIpc) is 2.95. The van der Waals surface area contributed by atoms with Crippen LogP contribution < -0.4 is 9.47 Å². The van der Waals surface area contributed by atoms with Crippen LogP contribution in [-0.2, 0) is 25.7 Å². The Morgan fingerprint density at radius 2 is 1.29 bits per heavy atom. The first-order valence-corrected chi connectivity index (χ1v) is 14.3. The third-order valence-electron chi connectivity index (χ3n) is 7.20. The Labute approximate surface area is 242 Å². The van der Waals surface area contributed by atoms with Gasteiger partial charge in [0.05, 0.1) is 6.61 Å².